The van der Waals surface area contributed by atoms with Gasteiger partial charge >= 0.3 is 12.0 Å². The van der Waals surface area contributed by atoms with Gasteiger partial charge in [-0.05, 0) is 31.6 Å². The first kappa shape index (κ1) is 15.8. The largest absolute Gasteiger partial charge is 0.481 e. The lowest BCUT2D eigenvalue weighted by atomic mass is 10.0. The van der Waals surface area contributed by atoms with Gasteiger partial charge in [0.15, 0.2) is 0 Å². The Balaban J connectivity index is 2.34. The van der Waals surface area contributed by atoms with E-state index in [2.05, 4.69) is 17.6 Å². The van der Waals surface area contributed by atoms with Crippen molar-refractivity contribution in [3.05, 3.63) is 0 Å². The van der Waals surface area contributed by atoms with Crippen molar-refractivity contribution in [2.75, 3.05) is 0 Å². The van der Waals surface area contributed by atoms with Crippen molar-refractivity contribution >= 4 is 12.0 Å². The highest BCUT2D eigenvalue weighted by Crippen LogP contribution is 2.22. The highest BCUT2D eigenvalue weighted by molar-refractivity contribution is 5.76. The van der Waals surface area contributed by atoms with E-state index in [-0.39, 0.29) is 24.5 Å². The molecule has 0 aliphatic heterocycles. The molecule has 3 N–H and O–H groups in total. The molecule has 1 saturated carbocycles. The maximum absolute atomic E-state index is 11.8. The number of carbonyl (C=O) groups excluding carboxylic acids is 1. The standard InChI is InChI=1S/C14H26N2O3/c1-3-11(9-13(17)18)15-14(19)16-12-6-4-5-10(2)7-8-12/h10-12H,3-9H2,1-2H3,(H,17,18)(H2,15,16,19). The lowest BCUT2D eigenvalue weighted by Gasteiger charge is -2.20. The first-order valence-corrected chi connectivity index (χ1v) is 7.30. The van der Waals surface area contributed by atoms with Crippen LogP contribution < -0.4 is 10.6 Å². The number of hydrogen-bond acceptors (Lipinski definition) is 2. The molecular formula is C14H26N2O3. The number of aliphatic carboxylic acids is 1. The first-order chi connectivity index (χ1) is 9.01. The summed E-state index contributed by atoms with van der Waals surface area (Å²) in [6.45, 7) is 4.13. The molecule has 0 saturated heterocycles. The van der Waals surface area contributed by atoms with Crippen LogP contribution in [0.2, 0.25) is 0 Å². The van der Waals surface area contributed by atoms with Crippen LogP contribution in [0, 0.1) is 5.92 Å². The molecule has 19 heavy (non-hydrogen) atoms. The Labute approximate surface area is 115 Å². The van der Waals surface area contributed by atoms with Crippen LogP contribution in [-0.2, 0) is 4.79 Å². The molecule has 5 nitrogen and oxygen atoms in total. The lowest BCUT2D eigenvalue weighted by Crippen LogP contribution is -2.46. The summed E-state index contributed by atoms with van der Waals surface area (Å²) in [5.41, 5.74) is 0. The van der Waals surface area contributed by atoms with Crippen LogP contribution in [0.15, 0.2) is 0 Å². The zero-order valence-corrected chi connectivity index (χ0v) is 11.9. The van der Waals surface area contributed by atoms with E-state index in [1.165, 1.54) is 6.42 Å². The van der Waals surface area contributed by atoms with Crippen LogP contribution in [0.3, 0.4) is 0 Å². The molecule has 110 valence electrons. The van der Waals surface area contributed by atoms with Crippen LogP contribution in [0.1, 0.15) is 58.8 Å². The molecule has 3 unspecified atom stereocenters. The van der Waals surface area contributed by atoms with Gasteiger partial charge in [-0.2, -0.15) is 0 Å². The third kappa shape index (κ3) is 6.45. The van der Waals surface area contributed by atoms with E-state index in [0.717, 1.165) is 31.6 Å². The van der Waals surface area contributed by atoms with E-state index in [9.17, 15) is 9.59 Å². The second-order valence-corrected chi connectivity index (χ2v) is 5.63. The van der Waals surface area contributed by atoms with Crippen LogP contribution in [0.25, 0.3) is 0 Å². The number of urea groups is 1. The number of carbonyl (C=O) groups is 2. The van der Waals surface area contributed by atoms with Crippen molar-refractivity contribution in [3.63, 3.8) is 0 Å². The number of rotatable bonds is 5. The fourth-order valence-electron chi connectivity index (χ4n) is 2.55. The Kier molecular flexibility index (Phi) is 6.67. The number of hydrogen-bond donors (Lipinski definition) is 3. The predicted molar refractivity (Wildman–Crippen MR) is 74.0 cm³/mol. The van der Waals surface area contributed by atoms with Gasteiger partial charge in [0.1, 0.15) is 0 Å². The van der Waals surface area contributed by atoms with Gasteiger partial charge in [-0.25, -0.2) is 4.79 Å². The second kappa shape index (κ2) is 8.02. The topological polar surface area (TPSA) is 78.4 Å². The monoisotopic (exact) mass is 270 g/mol. The normalized spacial score (nSPS) is 25.2. The van der Waals surface area contributed by atoms with Crippen molar-refractivity contribution in [2.24, 2.45) is 5.92 Å². The molecule has 0 spiro atoms. The van der Waals surface area contributed by atoms with Crippen molar-refractivity contribution in [2.45, 2.75) is 70.9 Å². The molecule has 0 bridgehead atoms. The summed E-state index contributed by atoms with van der Waals surface area (Å²) in [5, 5.41) is 14.5. The minimum atomic E-state index is -0.879. The fourth-order valence-corrected chi connectivity index (χ4v) is 2.55. The zero-order valence-electron chi connectivity index (χ0n) is 11.9. The molecule has 0 aromatic heterocycles. The molecule has 1 aliphatic rings. The molecule has 1 rings (SSSR count). The summed E-state index contributed by atoms with van der Waals surface area (Å²) in [6.07, 6.45) is 6.18. The number of amides is 2. The van der Waals surface area contributed by atoms with Crippen LogP contribution in [-0.4, -0.2) is 29.2 Å². The third-order valence-corrected chi connectivity index (χ3v) is 3.84. The first-order valence-electron chi connectivity index (χ1n) is 7.30. The summed E-state index contributed by atoms with van der Waals surface area (Å²) >= 11 is 0. The minimum absolute atomic E-state index is 0.0222. The Hall–Kier alpha value is -1.26. The predicted octanol–water partition coefficient (Wildman–Crippen LogP) is 2.51. The lowest BCUT2D eigenvalue weighted by molar-refractivity contribution is -0.137. The van der Waals surface area contributed by atoms with E-state index in [0.29, 0.717) is 6.42 Å². The summed E-state index contributed by atoms with van der Waals surface area (Å²) < 4.78 is 0. The Morgan fingerprint density at radius 3 is 2.63 bits per heavy atom. The fraction of sp³-hybridized carbons (Fsp3) is 0.857. The molecule has 5 heteroatoms. The SMILES string of the molecule is CCC(CC(=O)O)NC(=O)NC1CCCC(C)CC1. The van der Waals surface area contributed by atoms with E-state index in [1.807, 2.05) is 6.92 Å². The minimum Gasteiger partial charge on any atom is -0.481 e. The average Bonchev–Trinajstić information content (AvgIpc) is 2.53. The van der Waals surface area contributed by atoms with Crippen molar-refractivity contribution in [1.29, 1.82) is 0 Å². The van der Waals surface area contributed by atoms with Gasteiger partial charge in [0.05, 0.1) is 6.42 Å². The molecule has 2 amide bonds. The van der Waals surface area contributed by atoms with E-state index >= 15 is 0 Å². The highest BCUT2D eigenvalue weighted by atomic mass is 16.4. The van der Waals surface area contributed by atoms with E-state index in [4.69, 9.17) is 5.11 Å². The Morgan fingerprint density at radius 1 is 1.26 bits per heavy atom. The summed E-state index contributed by atoms with van der Waals surface area (Å²) in [4.78, 5) is 22.5. The van der Waals surface area contributed by atoms with Gasteiger partial charge in [0, 0.05) is 12.1 Å². The van der Waals surface area contributed by atoms with Gasteiger partial charge in [-0.3, -0.25) is 4.79 Å². The highest BCUT2D eigenvalue weighted by Gasteiger charge is 2.19. The number of carboxylic acids is 1. The molecule has 0 aromatic rings. The average molecular weight is 270 g/mol. The van der Waals surface area contributed by atoms with Crippen LogP contribution in [0.4, 0.5) is 4.79 Å². The van der Waals surface area contributed by atoms with Gasteiger partial charge in [-0.1, -0.05) is 26.7 Å². The molecule has 0 heterocycles. The van der Waals surface area contributed by atoms with Crippen molar-refractivity contribution < 1.29 is 14.7 Å². The Morgan fingerprint density at radius 2 is 2.00 bits per heavy atom. The second-order valence-electron chi connectivity index (χ2n) is 5.63. The molecule has 3 atom stereocenters. The Bertz CT molecular complexity index is 307. The molecule has 1 aliphatic carbocycles. The van der Waals surface area contributed by atoms with Crippen molar-refractivity contribution in [3.8, 4) is 0 Å². The summed E-state index contributed by atoms with van der Waals surface area (Å²) in [7, 11) is 0. The summed E-state index contributed by atoms with van der Waals surface area (Å²) in [6, 6.07) is -0.290. The smallest absolute Gasteiger partial charge is 0.315 e. The maximum Gasteiger partial charge on any atom is 0.315 e. The van der Waals surface area contributed by atoms with E-state index < -0.39 is 5.97 Å². The van der Waals surface area contributed by atoms with E-state index in [1.54, 1.807) is 0 Å². The zero-order chi connectivity index (χ0) is 14.3. The van der Waals surface area contributed by atoms with Gasteiger partial charge < -0.3 is 15.7 Å². The molecule has 1 fully saturated rings. The third-order valence-electron chi connectivity index (χ3n) is 3.84. The molecule has 0 radical (unpaired) electrons. The summed E-state index contributed by atoms with van der Waals surface area (Å²) in [5.74, 6) is -0.138. The molecular weight excluding hydrogens is 244 g/mol. The molecule has 0 aromatic carbocycles. The number of carboxylic acid groups (broad SMARTS) is 1. The van der Waals surface area contributed by atoms with Gasteiger partial charge in [0.2, 0.25) is 0 Å². The number of nitrogens with one attached hydrogen (secondary N) is 2. The van der Waals surface area contributed by atoms with Crippen LogP contribution in [0.5, 0.6) is 0 Å². The van der Waals surface area contributed by atoms with Crippen molar-refractivity contribution in [1.82, 2.24) is 10.6 Å². The van der Waals surface area contributed by atoms with Gasteiger partial charge in [-0.15, -0.1) is 0 Å². The van der Waals surface area contributed by atoms with Gasteiger partial charge in [0.25, 0.3) is 0 Å². The van der Waals surface area contributed by atoms with Crippen LogP contribution >= 0.6 is 0 Å². The maximum atomic E-state index is 11.8. The quantitative estimate of drug-likeness (QED) is 0.672.